The van der Waals surface area contributed by atoms with Crippen LogP contribution in [0.3, 0.4) is 0 Å². The second kappa shape index (κ2) is 5.17. The summed E-state index contributed by atoms with van der Waals surface area (Å²) in [5.74, 6) is -16.0. The van der Waals surface area contributed by atoms with Crippen molar-refractivity contribution in [1.29, 1.82) is 0 Å². The summed E-state index contributed by atoms with van der Waals surface area (Å²) < 4.78 is 119. The molecule has 1 fully saturated rings. The number of alkyl halides is 8. The van der Waals surface area contributed by atoms with E-state index in [1.54, 1.807) is 0 Å². The largest absolute Gasteiger partial charge is 0.454 e. The summed E-state index contributed by atoms with van der Waals surface area (Å²) in [6.07, 6.45) is -15.1. The monoisotopic (exact) mass is 346 g/mol. The molecule has 0 N–H and O–H groups in total. The highest BCUT2D eigenvalue weighted by Crippen LogP contribution is 2.64. The first-order chi connectivity index (χ1) is 9.54. The minimum atomic E-state index is -6.26. The second-order valence-electron chi connectivity index (χ2n) is 5.24. The van der Waals surface area contributed by atoms with Gasteiger partial charge in [-0.2, -0.15) is 35.1 Å². The van der Waals surface area contributed by atoms with Crippen molar-refractivity contribution in [1.82, 2.24) is 0 Å². The Bertz CT molecular complexity index is 410. The number of ether oxygens (including phenoxy) is 3. The minimum Gasteiger partial charge on any atom is -0.337 e. The van der Waals surface area contributed by atoms with E-state index in [-0.39, 0.29) is 0 Å². The van der Waals surface area contributed by atoms with Crippen LogP contribution in [0.1, 0.15) is 27.7 Å². The Balaban J connectivity index is 3.67. The molecule has 1 aliphatic heterocycles. The van der Waals surface area contributed by atoms with Gasteiger partial charge in [-0.05, 0) is 27.7 Å². The maximum absolute atomic E-state index is 14.3. The van der Waals surface area contributed by atoms with Gasteiger partial charge in [0.2, 0.25) is 0 Å². The van der Waals surface area contributed by atoms with Gasteiger partial charge in [0.25, 0.3) is 0 Å². The summed E-state index contributed by atoms with van der Waals surface area (Å²) in [4.78, 5) is 0. The summed E-state index contributed by atoms with van der Waals surface area (Å²) in [7, 11) is 0. The maximum atomic E-state index is 14.3. The molecule has 11 heteroatoms. The third-order valence-corrected chi connectivity index (χ3v) is 2.64. The highest BCUT2D eigenvalue weighted by Gasteiger charge is 2.95. The lowest BCUT2D eigenvalue weighted by Crippen LogP contribution is -2.68. The molecule has 1 rings (SSSR count). The van der Waals surface area contributed by atoms with Crippen LogP contribution in [0.4, 0.5) is 35.1 Å². The van der Waals surface area contributed by atoms with E-state index in [9.17, 15) is 35.1 Å². The van der Waals surface area contributed by atoms with Crippen molar-refractivity contribution in [3.63, 3.8) is 0 Å². The molecule has 0 radical (unpaired) electrons. The van der Waals surface area contributed by atoms with Crippen molar-refractivity contribution >= 4 is 0 Å². The summed E-state index contributed by atoms with van der Waals surface area (Å²) >= 11 is 0. The molecule has 1 heterocycles. The minimum absolute atomic E-state index is 0.953. The van der Waals surface area contributed by atoms with Crippen LogP contribution in [0.15, 0.2) is 0 Å². The normalized spacial score (nSPS) is 30.3. The average Bonchev–Trinajstić information content (AvgIpc) is 2.33. The Morgan fingerprint density at radius 1 is 0.818 bits per heavy atom. The molecular formula is C11H14F8O3. The van der Waals surface area contributed by atoms with Crippen molar-refractivity contribution in [2.45, 2.75) is 69.8 Å². The Morgan fingerprint density at radius 2 is 1.18 bits per heavy atom. The van der Waals surface area contributed by atoms with E-state index in [1.165, 1.54) is 0 Å². The van der Waals surface area contributed by atoms with Gasteiger partial charge in [-0.25, -0.2) is 0 Å². The van der Waals surface area contributed by atoms with Gasteiger partial charge >= 0.3 is 29.8 Å². The zero-order chi connectivity index (χ0) is 17.8. The van der Waals surface area contributed by atoms with Gasteiger partial charge in [0.15, 0.2) is 0 Å². The molecule has 0 aliphatic carbocycles. The first-order valence-corrected chi connectivity index (χ1v) is 6.11. The van der Waals surface area contributed by atoms with Crippen LogP contribution in [0.25, 0.3) is 0 Å². The van der Waals surface area contributed by atoms with Gasteiger partial charge in [-0.1, -0.05) is 0 Å². The quantitative estimate of drug-likeness (QED) is 0.568. The molecule has 1 saturated heterocycles. The molecule has 1 aliphatic rings. The summed E-state index contributed by atoms with van der Waals surface area (Å²) in [6.45, 7) is 3.81. The molecule has 0 saturated carbocycles. The first kappa shape index (κ1) is 19.4. The predicted molar refractivity (Wildman–Crippen MR) is 56.0 cm³/mol. The fourth-order valence-electron chi connectivity index (χ4n) is 1.94. The standard InChI is InChI=1S/C11H14F8O3/c1-5(2)20-9(21-6(3)4)7(12,13)11(18,19)22-8(9,14)10(15,16)17/h5-6H,1-4H3. The Kier molecular flexibility index (Phi) is 4.55. The Hall–Kier alpha value is -0.680. The van der Waals surface area contributed by atoms with E-state index in [0.29, 0.717) is 0 Å². The van der Waals surface area contributed by atoms with Gasteiger partial charge < -0.3 is 9.47 Å². The predicted octanol–water partition coefficient (Wildman–Crippen LogP) is 4.02. The lowest BCUT2D eigenvalue weighted by atomic mass is 10.0. The molecular weight excluding hydrogens is 332 g/mol. The van der Waals surface area contributed by atoms with E-state index in [2.05, 4.69) is 14.2 Å². The third kappa shape index (κ3) is 2.46. The molecule has 0 aromatic carbocycles. The molecule has 0 amide bonds. The van der Waals surface area contributed by atoms with Gasteiger partial charge in [0.1, 0.15) is 0 Å². The topological polar surface area (TPSA) is 27.7 Å². The lowest BCUT2D eigenvalue weighted by Gasteiger charge is -2.41. The van der Waals surface area contributed by atoms with Crippen LogP contribution in [-0.2, 0) is 14.2 Å². The fourth-order valence-corrected chi connectivity index (χ4v) is 1.94. The van der Waals surface area contributed by atoms with Crippen molar-refractivity contribution in [2.75, 3.05) is 0 Å². The zero-order valence-corrected chi connectivity index (χ0v) is 11.9. The highest BCUT2D eigenvalue weighted by atomic mass is 19.4. The van der Waals surface area contributed by atoms with Crippen LogP contribution in [0.2, 0.25) is 0 Å². The molecule has 0 aromatic heterocycles. The van der Waals surface area contributed by atoms with Crippen molar-refractivity contribution in [3.05, 3.63) is 0 Å². The number of halogens is 8. The number of hydrogen-bond donors (Lipinski definition) is 0. The molecule has 0 spiro atoms. The average molecular weight is 346 g/mol. The zero-order valence-electron chi connectivity index (χ0n) is 11.9. The smallest absolute Gasteiger partial charge is 0.337 e. The summed E-state index contributed by atoms with van der Waals surface area (Å²) in [6, 6.07) is 0. The summed E-state index contributed by atoms with van der Waals surface area (Å²) in [5.41, 5.74) is 0. The SMILES string of the molecule is CC(C)OC1(OC(C)C)C(F)(F)C(F)(F)OC1(F)C(F)(F)F. The molecule has 22 heavy (non-hydrogen) atoms. The van der Waals surface area contributed by atoms with Crippen molar-refractivity contribution in [2.24, 2.45) is 0 Å². The van der Waals surface area contributed by atoms with Crippen molar-refractivity contribution < 1.29 is 49.3 Å². The van der Waals surface area contributed by atoms with E-state index >= 15 is 0 Å². The van der Waals surface area contributed by atoms with E-state index in [0.717, 1.165) is 27.7 Å². The number of hydrogen-bond acceptors (Lipinski definition) is 3. The molecule has 0 aromatic rings. The third-order valence-electron chi connectivity index (χ3n) is 2.64. The number of rotatable bonds is 4. The summed E-state index contributed by atoms with van der Waals surface area (Å²) in [5, 5.41) is 0. The van der Waals surface area contributed by atoms with E-state index in [4.69, 9.17) is 0 Å². The molecule has 0 bridgehead atoms. The molecule has 132 valence electrons. The second-order valence-corrected chi connectivity index (χ2v) is 5.24. The lowest BCUT2D eigenvalue weighted by molar-refractivity contribution is -0.454. The Labute approximate surface area is 120 Å². The van der Waals surface area contributed by atoms with Crippen LogP contribution in [-0.4, -0.2) is 42.1 Å². The van der Waals surface area contributed by atoms with E-state index < -0.39 is 42.1 Å². The van der Waals surface area contributed by atoms with Crippen LogP contribution in [0, 0.1) is 0 Å². The van der Waals surface area contributed by atoms with E-state index in [1.807, 2.05) is 0 Å². The van der Waals surface area contributed by atoms with Gasteiger partial charge in [-0.15, -0.1) is 0 Å². The van der Waals surface area contributed by atoms with Crippen molar-refractivity contribution in [3.8, 4) is 0 Å². The fraction of sp³-hybridized carbons (Fsp3) is 1.00. The van der Waals surface area contributed by atoms with Gasteiger partial charge in [-0.3, -0.25) is 4.74 Å². The van der Waals surface area contributed by atoms with Gasteiger partial charge in [0, 0.05) is 0 Å². The van der Waals surface area contributed by atoms with Crippen LogP contribution in [0.5, 0.6) is 0 Å². The van der Waals surface area contributed by atoms with Crippen LogP contribution < -0.4 is 0 Å². The Morgan fingerprint density at radius 3 is 1.45 bits per heavy atom. The van der Waals surface area contributed by atoms with Gasteiger partial charge in [0.05, 0.1) is 12.2 Å². The molecule has 1 unspecified atom stereocenters. The van der Waals surface area contributed by atoms with Crippen LogP contribution >= 0.6 is 0 Å². The maximum Gasteiger partial charge on any atom is 0.454 e. The first-order valence-electron chi connectivity index (χ1n) is 6.11. The molecule has 1 atom stereocenters. The molecule has 3 nitrogen and oxygen atoms in total. The highest BCUT2D eigenvalue weighted by molar-refractivity contribution is 5.13.